The SMILES string of the molecule is Cc1cc(N2CCN(C(=O)c3ccc([N+](=O)[O-])cc3)CC2)ncn1. The van der Waals surface area contributed by atoms with Gasteiger partial charge in [-0.15, -0.1) is 0 Å². The summed E-state index contributed by atoms with van der Waals surface area (Å²) in [7, 11) is 0. The highest BCUT2D eigenvalue weighted by atomic mass is 16.6. The number of anilines is 1. The van der Waals surface area contributed by atoms with Crippen molar-refractivity contribution in [2.45, 2.75) is 6.92 Å². The number of hydrogen-bond acceptors (Lipinski definition) is 6. The van der Waals surface area contributed by atoms with Crippen molar-refractivity contribution in [2.75, 3.05) is 31.1 Å². The van der Waals surface area contributed by atoms with E-state index in [1.54, 1.807) is 11.2 Å². The second kappa shape index (κ2) is 6.61. The minimum atomic E-state index is -0.475. The fourth-order valence-corrected chi connectivity index (χ4v) is 2.66. The lowest BCUT2D eigenvalue weighted by atomic mass is 10.1. The number of non-ortho nitro benzene ring substituents is 1. The number of piperazine rings is 1. The third-order valence-electron chi connectivity index (χ3n) is 4.01. The lowest BCUT2D eigenvalue weighted by Gasteiger charge is -2.35. The van der Waals surface area contributed by atoms with E-state index in [1.807, 2.05) is 13.0 Å². The first-order valence-electron chi connectivity index (χ1n) is 7.62. The van der Waals surface area contributed by atoms with E-state index in [1.165, 1.54) is 24.3 Å². The van der Waals surface area contributed by atoms with E-state index in [-0.39, 0.29) is 11.6 Å². The fraction of sp³-hybridized carbons (Fsp3) is 0.312. The van der Waals surface area contributed by atoms with E-state index < -0.39 is 4.92 Å². The minimum absolute atomic E-state index is 0.0181. The number of carbonyl (C=O) groups excluding carboxylic acids is 1. The number of benzene rings is 1. The van der Waals surface area contributed by atoms with Crippen LogP contribution in [0.5, 0.6) is 0 Å². The zero-order chi connectivity index (χ0) is 17.1. The molecule has 3 rings (SSSR count). The van der Waals surface area contributed by atoms with E-state index in [4.69, 9.17) is 0 Å². The molecule has 0 aliphatic carbocycles. The summed E-state index contributed by atoms with van der Waals surface area (Å²) in [6.45, 7) is 4.46. The van der Waals surface area contributed by atoms with Crippen LogP contribution in [0.3, 0.4) is 0 Å². The Morgan fingerprint density at radius 1 is 1.12 bits per heavy atom. The Morgan fingerprint density at radius 3 is 2.38 bits per heavy atom. The van der Waals surface area contributed by atoms with Gasteiger partial charge in [-0.25, -0.2) is 9.97 Å². The lowest BCUT2D eigenvalue weighted by molar-refractivity contribution is -0.384. The quantitative estimate of drug-likeness (QED) is 0.629. The van der Waals surface area contributed by atoms with Gasteiger partial charge >= 0.3 is 0 Å². The summed E-state index contributed by atoms with van der Waals surface area (Å²) < 4.78 is 0. The predicted octanol–water partition coefficient (Wildman–Crippen LogP) is 1.66. The molecule has 124 valence electrons. The summed E-state index contributed by atoms with van der Waals surface area (Å²) in [5.74, 6) is 0.758. The lowest BCUT2D eigenvalue weighted by Crippen LogP contribution is -2.49. The van der Waals surface area contributed by atoms with Gasteiger partial charge in [-0.2, -0.15) is 0 Å². The Hall–Kier alpha value is -3.03. The molecule has 1 amide bonds. The number of aryl methyl sites for hydroxylation is 1. The molecule has 8 heteroatoms. The molecule has 1 aromatic carbocycles. The molecule has 0 saturated carbocycles. The standard InChI is InChI=1S/C16H17N5O3/c1-12-10-15(18-11-17-12)19-6-8-20(9-7-19)16(22)13-2-4-14(5-3-13)21(23)24/h2-5,10-11H,6-9H2,1H3. The molecule has 0 radical (unpaired) electrons. The van der Waals surface area contributed by atoms with Crippen molar-refractivity contribution in [3.63, 3.8) is 0 Å². The van der Waals surface area contributed by atoms with E-state index >= 15 is 0 Å². The van der Waals surface area contributed by atoms with Gasteiger partial charge in [0.2, 0.25) is 0 Å². The van der Waals surface area contributed by atoms with Crippen LogP contribution in [-0.4, -0.2) is 51.9 Å². The predicted molar refractivity (Wildman–Crippen MR) is 88.0 cm³/mol. The summed E-state index contributed by atoms with van der Waals surface area (Å²) in [5, 5.41) is 10.7. The van der Waals surface area contributed by atoms with Gasteiger partial charge in [-0.1, -0.05) is 0 Å². The van der Waals surface area contributed by atoms with Crippen molar-refractivity contribution in [1.82, 2.24) is 14.9 Å². The van der Waals surface area contributed by atoms with Crippen LogP contribution in [0.15, 0.2) is 36.7 Å². The Balaban J connectivity index is 1.63. The van der Waals surface area contributed by atoms with Gasteiger partial charge in [-0.3, -0.25) is 14.9 Å². The van der Waals surface area contributed by atoms with Gasteiger partial charge in [0.15, 0.2) is 0 Å². The smallest absolute Gasteiger partial charge is 0.269 e. The summed E-state index contributed by atoms with van der Waals surface area (Å²) in [6.07, 6.45) is 1.54. The number of nitro groups is 1. The first-order chi connectivity index (χ1) is 11.5. The number of nitrogens with zero attached hydrogens (tertiary/aromatic N) is 5. The normalized spacial score (nSPS) is 14.5. The number of nitro benzene ring substituents is 1. The van der Waals surface area contributed by atoms with Crippen molar-refractivity contribution in [3.05, 3.63) is 58.0 Å². The average molecular weight is 327 g/mol. The highest BCUT2D eigenvalue weighted by Gasteiger charge is 2.23. The van der Waals surface area contributed by atoms with Gasteiger partial charge in [0.05, 0.1) is 4.92 Å². The molecule has 1 saturated heterocycles. The van der Waals surface area contributed by atoms with E-state index in [2.05, 4.69) is 14.9 Å². The maximum Gasteiger partial charge on any atom is 0.269 e. The summed E-state index contributed by atoms with van der Waals surface area (Å²) >= 11 is 0. The van der Waals surface area contributed by atoms with E-state index in [0.717, 1.165) is 11.5 Å². The molecule has 0 atom stereocenters. The van der Waals surface area contributed by atoms with Crippen LogP contribution >= 0.6 is 0 Å². The number of amides is 1. The minimum Gasteiger partial charge on any atom is -0.353 e. The van der Waals surface area contributed by atoms with Crippen LogP contribution in [-0.2, 0) is 0 Å². The first kappa shape index (κ1) is 15.9. The molecule has 0 N–H and O–H groups in total. The van der Waals surface area contributed by atoms with Crippen LogP contribution in [0.4, 0.5) is 11.5 Å². The van der Waals surface area contributed by atoms with Gasteiger partial charge in [0.25, 0.3) is 11.6 Å². The van der Waals surface area contributed by atoms with Crippen LogP contribution < -0.4 is 4.90 Å². The molecular weight excluding hydrogens is 310 g/mol. The maximum absolute atomic E-state index is 12.5. The second-order valence-electron chi connectivity index (χ2n) is 5.60. The Labute approximate surface area is 138 Å². The molecule has 0 bridgehead atoms. The van der Waals surface area contributed by atoms with Crippen molar-refractivity contribution in [2.24, 2.45) is 0 Å². The van der Waals surface area contributed by atoms with Crippen molar-refractivity contribution < 1.29 is 9.72 Å². The summed E-state index contributed by atoms with van der Waals surface area (Å²) in [4.78, 5) is 34.9. The molecule has 2 heterocycles. The third-order valence-corrected chi connectivity index (χ3v) is 4.01. The Morgan fingerprint density at radius 2 is 1.79 bits per heavy atom. The number of carbonyl (C=O) groups is 1. The molecule has 0 spiro atoms. The molecule has 8 nitrogen and oxygen atoms in total. The number of hydrogen-bond donors (Lipinski definition) is 0. The monoisotopic (exact) mass is 327 g/mol. The Kier molecular flexibility index (Phi) is 4.37. The topological polar surface area (TPSA) is 92.5 Å². The molecule has 0 unspecified atom stereocenters. The van der Waals surface area contributed by atoms with E-state index in [0.29, 0.717) is 31.7 Å². The van der Waals surface area contributed by atoms with Crippen molar-refractivity contribution in [3.8, 4) is 0 Å². The first-order valence-corrected chi connectivity index (χ1v) is 7.62. The zero-order valence-corrected chi connectivity index (χ0v) is 13.3. The van der Waals surface area contributed by atoms with E-state index in [9.17, 15) is 14.9 Å². The van der Waals surface area contributed by atoms with Crippen molar-refractivity contribution >= 4 is 17.4 Å². The maximum atomic E-state index is 12.5. The Bertz CT molecular complexity index is 755. The molecule has 1 aromatic heterocycles. The molecule has 1 fully saturated rings. The highest BCUT2D eigenvalue weighted by Crippen LogP contribution is 2.17. The summed E-state index contributed by atoms with van der Waals surface area (Å²) in [6, 6.07) is 7.63. The highest BCUT2D eigenvalue weighted by molar-refractivity contribution is 5.94. The zero-order valence-electron chi connectivity index (χ0n) is 13.3. The fourth-order valence-electron chi connectivity index (χ4n) is 2.66. The largest absolute Gasteiger partial charge is 0.353 e. The molecule has 24 heavy (non-hydrogen) atoms. The van der Waals surface area contributed by atoms with Crippen molar-refractivity contribution in [1.29, 1.82) is 0 Å². The van der Waals surface area contributed by atoms with Gasteiger partial charge in [-0.05, 0) is 19.1 Å². The number of rotatable bonds is 3. The second-order valence-corrected chi connectivity index (χ2v) is 5.60. The van der Waals surface area contributed by atoms with Gasteiger partial charge < -0.3 is 9.80 Å². The average Bonchev–Trinajstić information content (AvgIpc) is 2.61. The summed E-state index contributed by atoms with van der Waals surface area (Å²) in [5.41, 5.74) is 1.35. The van der Waals surface area contributed by atoms with Crippen LogP contribution in [0.2, 0.25) is 0 Å². The molecular formula is C16H17N5O3. The van der Waals surface area contributed by atoms with Crippen LogP contribution in [0.1, 0.15) is 16.1 Å². The van der Waals surface area contributed by atoms with Gasteiger partial charge in [0.1, 0.15) is 12.1 Å². The van der Waals surface area contributed by atoms with Crippen LogP contribution in [0.25, 0.3) is 0 Å². The molecule has 1 aliphatic heterocycles. The van der Waals surface area contributed by atoms with Gasteiger partial charge in [0, 0.05) is 55.6 Å². The number of aromatic nitrogens is 2. The molecule has 2 aromatic rings. The third kappa shape index (κ3) is 3.32. The molecule has 1 aliphatic rings. The van der Waals surface area contributed by atoms with Crippen LogP contribution in [0, 0.1) is 17.0 Å².